The van der Waals surface area contributed by atoms with Crippen LogP contribution in [0.1, 0.15) is 11.3 Å². The largest absolute Gasteiger partial charge is 0.253 e. The van der Waals surface area contributed by atoms with Crippen molar-refractivity contribution in [3.63, 3.8) is 0 Å². The second-order valence-corrected chi connectivity index (χ2v) is 4.54. The van der Waals surface area contributed by atoms with Crippen LogP contribution < -0.4 is 0 Å². The fourth-order valence-corrected chi connectivity index (χ4v) is 1.92. The van der Waals surface area contributed by atoms with E-state index in [1.54, 1.807) is 6.20 Å². The minimum atomic E-state index is 0.704. The molecule has 100 valence electrons. The van der Waals surface area contributed by atoms with Crippen LogP contribution in [0.15, 0.2) is 48.7 Å². The van der Waals surface area contributed by atoms with Crippen LogP contribution >= 0.6 is 0 Å². The Morgan fingerprint density at radius 1 is 0.857 bits per heavy atom. The van der Waals surface area contributed by atoms with E-state index in [0.717, 1.165) is 28.3 Å². The van der Waals surface area contributed by atoms with Crippen molar-refractivity contribution in [2.75, 3.05) is 0 Å². The molecule has 0 aliphatic rings. The molecule has 3 aromatic heterocycles. The van der Waals surface area contributed by atoms with E-state index >= 15 is 0 Å². The summed E-state index contributed by atoms with van der Waals surface area (Å²) >= 11 is 0. The maximum absolute atomic E-state index is 5.31. The molecule has 0 saturated carbocycles. The fraction of sp³-hybridized carbons (Fsp3) is 0.0588. The van der Waals surface area contributed by atoms with Crippen LogP contribution in [0.4, 0.5) is 0 Å². The van der Waals surface area contributed by atoms with Gasteiger partial charge in [-0.25, -0.2) is 0 Å². The predicted octanol–water partition coefficient (Wildman–Crippen LogP) is 2.89. The maximum atomic E-state index is 5.31. The van der Waals surface area contributed by atoms with Gasteiger partial charge >= 0.3 is 0 Å². The average molecular weight is 272 g/mol. The Labute approximate surface area is 122 Å². The van der Waals surface area contributed by atoms with Gasteiger partial charge in [0.15, 0.2) is 0 Å². The topological polar surface area (TPSA) is 51.6 Å². The van der Waals surface area contributed by atoms with E-state index < -0.39 is 0 Å². The lowest BCUT2D eigenvalue weighted by Gasteiger charge is -2.02. The van der Waals surface area contributed by atoms with Gasteiger partial charge in [-0.2, -0.15) is 0 Å². The Hall–Kier alpha value is -3.06. The highest BCUT2D eigenvalue weighted by Crippen LogP contribution is 2.18. The Morgan fingerprint density at radius 3 is 2.14 bits per heavy atom. The van der Waals surface area contributed by atoms with Gasteiger partial charge in [-0.15, -0.1) is 16.6 Å². The summed E-state index contributed by atoms with van der Waals surface area (Å²) in [6, 6.07) is 13.3. The third-order valence-electron chi connectivity index (χ3n) is 3.01. The minimum Gasteiger partial charge on any atom is -0.253 e. The molecule has 4 nitrogen and oxygen atoms in total. The Morgan fingerprint density at radius 2 is 1.57 bits per heavy atom. The normalized spacial score (nSPS) is 10.1. The van der Waals surface area contributed by atoms with Crippen molar-refractivity contribution in [2.45, 2.75) is 6.92 Å². The van der Waals surface area contributed by atoms with Crippen LogP contribution in [0.25, 0.3) is 22.8 Å². The van der Waals surface area contributed by atoms with Gasteiger partial charge in [0.25, 0.3) is 0 Å². The third kappa shape index (κ3) is 2.77. The summed E-state index contributed by atoms with van der Waals surface area (Å²) in [7, 11) is 0. The number of hydrogen-bond acceptors (Lipinski definition) is 4. The van der Waals surface area contributed by atoms with Gasteiger partial charge < -0.3 is 0 Å². The van der Waals surface area contributed by atoms with Crippen molar-refractivity contribution in [3.05, 3.63) is 59.9 Å². The summed E-state index contributed by atoms with van der Waals surface area (Å²) in [6.45, 7) is 1.95. The molecule has 0 amide bonds. The summed E-state index contributed by atoms with van der Waals surface area (Å²) in [5, 5.41) is 8.42. The van der Waals surface area contributed by atoms with E-state index in [-0.39, 0.29) is 0 Å². The first-order valence-electron chi connectivity index (χ1n) is 6.47. The van der Waals surface area contributed by atoms with Crippen LogP contribution in [0.5, 0.6) is 0 Å². The first kappa shape index (κ1) is 12.9. The molecule has 0 aromatic carbocycles. The van der Waals surface area contributed by atoms with Gasteiger partial charge in [0, 0.05) is 17.5 Å². The number of aromatic nitrogens is 4. The van der Waals surface area contributed by atoms with Crippen molar-refractivity contribution in [1.82, 2.24) is 20.2 Å². The summed E-state index contributed by atoms with van der Waals surface area (Å²) in [6.07, 6.45) is 6.96. The molecule has 0 atom stereocenters. The monoisotopic (exact) mass is 272 g/mol. The molecule has 0 saturated heterocycles. The lowest BCUT2D eigenvalue weighted by atomic mass is 10.2. The quantitative estimate of drug-likeness (QED) is 0.673. The van der Waals surface area contributed by atoms with Crippen LogP contribution in [0.2, 0.25) is 0 Å². The Kier molecular flexibility index (Phi) is 3.40. The number of rotatable bonds is 2. The summed E-state index contributed by atoms with van der Waals surface area (Å²) in [5.41, 5.74) is 4.69. The molecule has 0 radical (unpaired) electrons. The second kappa shape index (κ2) is 5.51. The number of pyridine rings is 2. The van der Waals surface area contributed by atoms with E-state index in [9.17, 15) is 0 Å². The van der Waals surface area contributed by atoms with Crippen LogP contribution in [-0.2, 0) is 0 Å². The van der Waals surface area contributed by atoms with Crippen LogP contribution in [-0.4, -0.2) is 20.2 Å². The summed E-state index contributed by atoms with van der Waals surface area (Å²) in [4.78, 5) is 8.70. The molecule has 0 aliphatic heterocycles. The second-order valence-electron chi connectivity index (χ2n) is 4.54. The standard InChI is InChI=1S/C17H12N4/c1-3-13-7-8-14(18-11-13)16-9-10-17(21-20-16)15-6-4-5-12(2)19-15/h1,4-11H,2H3. The number of aryl methyl sites for hydroxylation is 1. The molecule has 0 spiro atoms. The van der Waals surface area contributed by atoms with E-state index in [1.165, 1.54) is 0 Å². The van der Waals surface area contributed by atoms with Crippen molar-refractivity contribution in [3.8, 4) is 35.1 Å². The van der Waals surface area contributed by atoms with Crippen molar-refractivity contribution in [1.29, 1.82) is 0 Å². The zero-order valence-electron chi connectivity index (χ0n) is 11.5. The van der Waals surface area contributed by atoms with E-state index in [0.29, 0.717) is 5.69 Å². The highest BCUT2D eigenvalue weighted by molar-refractivity contribution is 5.59. The number of nitrogens with zero attached hydrogens (tertiary/aromatic N) is 4. The smallest absolute Gasteiger partial charge is 0.111 e. The molecule has 21 heavy (non-hydrogen) atoms. The Balaban J connectivity index is 1.92. The first-order valence-corrected chi connectivity index (χ1v) is 6.47. The molecule has 0 bridgehead atoms. The zero-order chi connectivity index (χ0) is 14.7. The van der Waals surface area contributed by atoms with Crippen LogP contribution in [0.3, 0.4) is 0 Å². The van der Waals surface area contributed by atoms with Crippen molar-refractivity contribution >= 4 is 0 Å². The molecule has 3 aromatic rings. The van der Waals surface area contributed by atoms with Gasteiger partial charge in [-0.05, 0) is 43.3 Å². The molecule has 3 rings (SSSR count). The average Bonchev–Trinajstić information content (AvgIpc) is 2.55. The summed E-state index contributed by atoms with van der Waals surface area (Å²) in [5.74, 6) is 2.53. The van der Waals surface area contributed by atoms with Gasteiger partial charge in [0.2, 0.25) is 0 Å². The van der Waals surface area contributed by atoms with Crippen molar-refractivity contribution < 1.29 is 0 Å². The third-order valence-corrected chi connectivity index (χ3v) is 3.01. The number of hydrogen-bond donors (Lipinski definition) is 0. The molecular weight excluding hydrogens is 260 g/mol. The van der Waals surface area contributed by atoms with Crippen molar-refractivity contribution in [2.24, 2.45) is 0 Å². The highest BCUT2D eigenvalue weighted by atomic mass is 15.1. The van der Waals surface area contributed by atoms with E-state index in [4.69, 9.17) is 6.42 Å². The molecule has 4 heteroatoms. The van der Waals surface area contributed by atoms with Gasteiger partial charge in [-0.3, -0.25) is 9.97 Å². The molecule has 3 heterocycles. The van der Waals surface area contributed by atoms with E-state index in [1.807, 2.05) is 49.4 Å². The SMILES string of the molecule is C#Cc1ccc(-c2ccc(-c3cccc(C)n3)nn2)nc1. The van der Waals surface area contributed by atoms with Crippen LogP contribution in [0, 0.1) is 19.3 Å². The molecule has 0 N–H and O–H groups in total. The van der Waals surface area contributed by atoms with E-state index in [2.05, 4.69) is 26.1 Å². The Bertz CT molecular complexity index is 799. The molecule has 0 fully saturated rings. The van der Waals surface area contributed by atoms with Gasteiger partial charge in [-0.1, -0.05) is 12.0 Å². The minimum absolute atomic E-state index is 0.704. The predicted molar refractivity (Wildman–Crippen MR) is 81.2 cm³/mol. The fourth-order valence-electron chi connectivity index (χ4n) is 1.92. The van der Waals surface area contributed by atoms with Gasteiger partial charge in [0.1, 0.15) is 11.4 Å². The molecule has 0 aliphatic carbocycles. The first-order chi connectivity index (χ1) is 10.3. The lowest BCUT2D eigenvalue weighted by Crippen LogP contribution is -1.94. The molecular formula is C17H12N4. The van der Waals surface area contributed by atoms with Gasteiger partial charge in [0.05, 0.1) is 11.4 Å². The number of terminal acetylenes is 1. The molecule has 0 unspecified atom stereocenters. The maximum Gasteiger partial charge on any atom is 0.111 e. The summed E-state index contributed by atoms with van der Waals surface area (Å²) < 4.78 is 0. The highest BCUT2D eigenvalue weighted by Gasteiger charge is 2.05. The lowest BCUT2D eigenvalue weighted by molar-refractivity contribution is 1.02. The zero-order valence-corrected chi connectivity index (χ0v) is 11.5.